The summed E-state index contributed by atoms with van der Waals surface area (Å²) in [5, 5.41) is 2.77. The number of halogens is 1. The van der Waals surface area contributed by atoms with E-state index in [0.29, 0.717) is 11.3 Å². The van der Waals surface area contributed by atoms with Gasteiger partial charge in [0.05, 0.1) is 17.6 Å². The summed E-state index contributed by atoms with van der Waals surface area (Å²) in [6.45, 7) is 8.27. The molecule has 1 amide bonds. The Morgan fingerprint density at radius 3 is 2.44 bits per heavy atom. The van der Waals surface area contributed by atoms with Crippen molar-refractivity contribution in [3.05, 3.63) is 59.7 Å². The highest BCUT2D eigenvalue weighted by atomic mass is 19.1. The fourth-order valence-corrected chi connectivity index (χ4v) is 2.73. The Bertz CT molecular complexity index is 808. The Balaban J connectivity index is 1.55. The van der Waals surface area contributed by atoms with E-state index < -0.39 is 18.3 Å². The van der Waals surface area contributed by atoms with Crippen molar-refractivity contribution in [3.63, 3.8) is 0 Å². The van der Waals surface area contributed by atoms with Gasteiger partial charge < -0.3 is 14.6 Å². The molecule has 1 aliphatic heterocycles. The highest BCUT2D eigenvalue weighted by molar-refractivity contribution is 6.62. The topological polar surface area (TPSA) is 60.5 Å². The third-order valence-corrected chi connectivity index (χ3v) is 5.09. The van der Waals surface area contributed by atoms with Crippen LogP contribution in [0.3, 0.4) is 0 Å². The van der Waals surface area contributed by atoms with Crippen molar-refractivity contribution >= 4 is 18.5 Å². The van der Waals surface area contributed by atoms with Gasteiger partial charge in [0.15, 0.2) is 0 Å². The average molecular weight is 370 g/mol. The van der Waals surface area contributed by atoms with Crippen molar-refractivity contribution in [3.8, 4) is 0 Å². The van der Waals surface area contributed by atoms with Crippen molar-refractivity contribution in [1.29, 1.82) is 0 Å². The summed E-state index contributed by atoms with van der Waals surface area (Å²) < 4.78 is 25.1. The smallest absolute Gasteiger partial charge is 0.399 e. The van der Waals surface area contributed by atoms with Gasteiger partial charge in [-0.3, -0.25) is 9.78 Å². The van der Waals surface area contributed by atoms with E-state index in [1.165, 1.54) is 12.1 Å². The molecule has 0 aliphatic carbocycles. The van der Waals surface area contributed by atoms with E-state index in [-0.39, 0.29) is 24.7 Å². The summed E-state index contributed by atoms with van der Waals surface area (Å²) in [5.74, 6) is -0.489. The minimum absolute atomic E-state index is 0.152. The zero-order valence-electron chi connectivity index (χ0n) is 16.1. The van der Waals surface area contributed by atoms with Gasteiger partial charge in [0, 0.05) is 23.9 Å². The third kappa shape index (κ3) is 4.54. The molecule has 142 valence electrons. The largest absolute Gasteiger partial charge is 0.496 e. The van der Waals surface area contributed by atoms with E-state index in [1.807, 2.05) is 33.8 Å². The summed E-state index contributed by atoms with van der Waals surface area (Å²) in [5.41, 5.74) is 1.36. The maximum absolute atomic E-state index is 13.2. The van der Waals surface area contributed by atoms with Crippen molar-refractivity contribution in [2.75, 3.05) is 0 Å². The molecule has 0 radical (unpaired) electrons. The molecule has 2 heterocycles. The highest BCUT2D eigenvalue weighted by Gasteiger charge is 2.51. The number of hydrogen-bond acceptors (Lipinski definition) is 4. The Morgan fingerprint density at radius 1 is 1.15 bits per heavy atom. The van der Waals surface area contributed by atoms with Crippen LogP contribution in [-0.4, -0.2) is 29.2 Å². The van der Waals surface area contributed by atoms with Gasteiger partial charge in [-0.05, 0) is 51.5 Å². The predicted octanol–water partition coefficient (Wildman–Crippen LogP) is 2.38. The molecule has 1 aromatic heterocycles. The zero-order valence-corrected chi connectivity index (χ0v) is 16.1. The van der Waals surface area contributed by atoms with E-state index in [0.717, 1.165) is 5.46 Å². The van der Waals surface area contributed by atoms with E-state index in [9.17, 15) is 9.18 Å². The standard InChI is InChI=1S/C20H24BFN2O3/c1-19(2)20(3,4)27-21(26-19)15-8-9-17(23-13-15)11-18(25)24-12-14-6-5-7-16(22)10-14/h5-10,13H,11-12H2,1-4H3,(H,24,25). The van der Waals surface area contributed by atoms with Gasteiger partial charge in [0.25, 0.3) is 0 Å². The normalized spacial score (nSPS) is 17.7. The Morgan fingerprint density at radius 2 is 1.85 bits per heavy atom. The van der Waals surface area contributed by atoms with Crippen molar-refractivity contribution in [1.82, 2.24) is 10.3 Å². The maximum Gasteiger partial charge on any atom is 0.496 e. The molecule has 2 aromatic rings. The van der Waals surface area contributed by atoms with Crippen LogP contribution in [0.15, 0.2) is 42.6 Å². The monoisotopic (exact) mass is 370 g/mol. The van der Waals surface area contributed by atoms with Crippen molar-refractivity contribution in [2.24, 2.45) is 0 Å². The van der Waals surface area contributed by atoms with E-state index in [4.69, 9.17) is 9.31 Å². The van der Waals surface area contributed by atoms with Gasteiger partial charge in [0.2, 0.25) is 5.91 Å². The van der Waals surface area contributed by atoms with Crippen LogP contribution >= 0.6 is 0 Å². The average Bonchev–Trinajstić information content (AvgIpc) is 2.81. The molecule has 0 atom stereocenters. The molecule has 27 heavy (non-hydrogen) atoms. The molecular weight excluding hydrogens is 346 g/mol. The van der Waals surface area contributed by atoms with Gasteiger partial charge in [-0.2, -0.15) is 0 Å². The first-order chi connectivity index (χ1) is 12.7. The van der Waals surface area contributed by atoms with Crippen LogP contribution in [0.2, 0.25) is 0 Å². The first-order valence-electron chi connectivity index (χ1n) is 8.98. The number of rotatable bonds is 5. The number of pyridine rings is 1. The van der Waals surface area contributed by atoms with E-state index in [2.05, 4.69) is 10.3 Å². The van der Waals surface area contributed by atoms with E-state index in [1.54, 1.807) is 24.4 Å². The van der Waals surface area contributed by atoms with Crippen molar-refractivity contribution < 1.29 is 18.5 Å². The molecule has 1 aliphatic rings. The lowest BCUT2D eigenvalue weighted by atomic mass is 9.80. The predicted molar refractivity (Wildman–Crippen MR) is 102 cm³/mol. The van der Waals surface area contributed by atoms with E-state index >= 15 is 0 Å². The Hall–Kier alpha value is -2.25. The second-order valence-electron chi connectivity index (χ2n) is 7.75. The van der Waals surface area contributed by atoms with Crippen LogP contribution in [0, 0.1) is 5.82 Å². The van der Waals surface area contributed by atoms with Crippen LogP contribution in [0.5, 0.6) is 0 Å². The molecule has 3 rings (SSSR count). The lowest BCUT2D eigenvalue weighted by molar-refractivity contribution is -0.120. The lowest BCUT2D eigenvalue weighted by Gasteiger charge is -2.32. The molecule has 1 aromatic carbocycles. The van der Waals surface area contributed by atoms with Gasteiger partial charge in [0.1, 0.15) is 5.82 Å². The number of nitrogens with zero attached hydrogens (tertiary/aromatic N) is 1. The number of benzene rings is 1. The molecule has 1 fully saturated rings. The molecule has 0 saturated carbocycles. The van der Waals surface area contributed by atoms with Gasteiger partial charge >= 0.3 is 7.12 Å². The molecule has 7 heteroatoms. The Labute approximate surface area is 159 Å². The molecular formula is C20H24BFN2O3. The number of carbonyl (C=O) groups excluding carboxylic acids is 1. The summed E-state index contributed by atoms with van der Waals surface area (Å²) in [7, 11) is -0.474. The number of nitrogens with one attached hydrogen (secondary N) is 1. The zero-order chi connectivity index (χ0) is 19.7. The number of carbonyl (C=O) groups is 1. The number of hydrogen-bond donors (Lipinski definition) is 1. The minimum atomic E-state index is -0.474. The maximum atomic E-state index is 13.2. The van der Waals surface area contributed by atoms with Crippen LogP contribution < -0.4 is 10.8 Å². The van der Waals surface area contributed by atoms with Crippen LogP contribution in [0.25, 0.3) is 0 Å². The second-order valence-corrected chi connectivity index (χ2v) is 7.75. The fourth-order valence-electron chi connectivity index (χ4n) is 2.73. The molecule has 5 nitrogen and oxygen atoms in total. The summed E-state index contributed by atoms with van der Waals surface area (Å²) >= 11 is 0. The summed E-state index contributed by atoms with van der Waals surface area (Å²) in [6, 6.07) is 9.81. The van der Waals surface area contributed by atoms with Crippen LogP contribution in [0.1, 0.15) is 39.0 Å². The molecule has 0 spiro atoms. The third-order valence-electron chi connectivity index (χ3n) is 5.09. The molecule has 1 saturated heterocycles. The first-order valence-corrected chi connectivity index (χ1v) is 8.98. The Kier molecular flexibility index (Phi) is 5.35. The van der Waals surface area contributed by atoms with Crippen LogP contribution in [-0.2, 0) is 27.1 Å². The van der Waals surface area contributed by atoms with Gasteiger partial charge in [-0.25, -0.2) is 4.39 Å². The summed E-state index contributed by atoms with van der Waals surface area (Å²) in [4.78, 5) is 16.4. The summed E-state index contributed by atoms with van der Waals surface area (Å²) in [6.07, 6.45) is 1.83. The quantitative estimate of drug-likeness (QED) is 0.822. The van der Waals surface area contributed by atoms with Crippen molar-refractivity contribution in [2.45, 2.75) is 51.9 Å². The van der Waals surface area contributed by atoms with Gasteiger partial charge in [-0.15, -0.1) is 0 Å². The SMILES string of the molecule is CC1(C)OB(c2ccc(CC(=O)NCc3cccc(F)c3)nc2)OC1(C)C. The second kappa shape index (κ2) is 7.41. The molecule has 0 unspecified atom stereocenters. The van der Waals surface area contributed by atoms with Gasteiger partial charge in [-0.1, -0.05) is 18.2 Å². The molecule has 1 N–H and O–H groups in total. The minimum Gasteiger partial charge on any atom is -0.399 e. The number of amides is 1. The fraction of sp³-hybridized carbons (Fsp3) is 0.400. The number of aromatic nitrogens is 1. The van der Waals surface area contributed by atoms with Crippen LogP contribution in [0.4, 0.5) is 4.39 Å². The highest BCUT2D eigenvalue weighted by Crippen LogP contribution is 2.36. The first kappa shape index (κ1) is 19.5. The lowest BCUT2D eigenvalue weighted by Crippen LogP contribution is -2.41. The molecule has 0 bridgehead atoms.